The molecule has 0 radical (unpaired) electrons. The van der Waals surface area contributed by atoms with Gasteiger partial charge in [0.25, 0.3) is 0 Å². The van der Waals surface area contributed by atoms with Crippen molar-refractivity contribution in [1.82, 2.24) is 0 Å². The van der Waals surface area contributed by atoms with Gasteiger partial charge in [-0.05, 0) is 43.6 Å². The van der Waals surface area contributed by atoms with Crippen molar-refractivity contribution >= 4 is 39.2 Å². The average molecular weight is 446 g/mol. The quantitative estimate of drug-likeness (QED) is 0.170. The maximum atomic E-state index is 6.02. The Balaban J connectivity index is 3.88. The summed E-state index contributed by atoms with van der Waals surface area (Å²) >= 11 is 18.1. The highest BCUT2D eigenvalue weighted by atomic mass is 35.8. The van der Waals surface area contributed by atoms with Crippen molar-refractivity contribution in [2.75, 3.05) is 7.11 Å². The average Bonchev–Trinajstić information content (AvgIpc) is 2.52. The van der Waals surface area contributed by atoms with E-state index < -0.39 is 6.00 Å². The molecule has 0 rings (SSSR count). The molecule has 0 spiro atoms. The zero-order chi connectivity index (χ0) is 20.2. The van der Waals surface area contributed by atoms with E-state index in [0.29, 0.717) is 6.04 Å². The lowest BCUT2D eigenvalue weighted by Crippen LogP contribution is -2.29. The minimum atomic E-state index is -2.55. The van der Waals surface area contributed by atoms with Crippen molar-refractivity contribution in [3.63, 3.8) is 0 Å². The topological polar surface area (TPSA) is 9.23 Å². The molecule has 0 saturated heterocycles. The van der Waals surface area contributed by atoms with Crippen LogP contribution in [0.25, 0.3) is 0 Å². The smallest absolute Gasteiger partial charge is 0.341 e. The predicted octanol–water partition coefficient (Wildman–Crippen LogP) is 8.88. The Hall–Kier alpha value is 1.05. The molecule has 0 fully saturated rings. The lowest BCUT2D eigenvalue weighted by Gasteiger charge is -2.29. The molecule has 0 heterocycles. The highest BCUT2D eigenvalue weighted by molar-refractivity contribution is 7.64. The molecule has 5 heteroatoms. The summed E-state index contributed by atoms with van der Waals surface area (Å²) in [6.07, 6.45) is 12.6. The zero-order valence-corrected chi connectivity index (χ0v) is 21.3. The van der Waals surface area contributed by atoms with Gasteiger partial charge < -0.3 is 4.74 Å². The van der Waals surface area contributed by atoms with Crippen molar-refractivity contribution in [2.45, 2.75) is 110 Å². The van der Waals surface area contributed by atoms with Crippen LogP contribution in [0.4, 0.5) is 0 Å². The Kier molecular flexibility index (Phi) is 14.7. The summed E-state index contributed by atoms with van der Waals surface area (Å²) < 4.78 is 5.73. The molecule has 0 aromatic rings. The standard InChI is InChI=1S/C21H43Cl3OSi/c1-18(2)10-7-11-19(3)12-8-13-20(4)14-9-15-21(5,25-6)16-17-26(22,23)24/h18-20H,7-17H2,1-6H3. The van der Waals surface area contributed by atoms with E-state index in [2.05, 4.69) is 34.6 Å². The van der Waals surface area contributed by atoms with E-state index in [4.69, 9.17) is 38.0 Å². The maximum Gasteiger partial charge on any atom is 0.341 e. The monoisotopic (exact) mass is 444 g/mol. The van der Waals surface area contributed by atoms with Crippen LogP contribution in [0.15, 0.2) is 0 Å². The summed E-state index contributed by atoms with van der Waals surface area (Å²) in [5, 5.41) is 0. The van der Waals surface area contributed by atoms with E-state index in [-0.39, 0.29) is 5.60 Å². The molecule has 0 amide bonds. The molecule has 26 heavy (non-hydrogen) atoms. The normalized spacial score (nSPS) is 17.3. The van der Waals surface area contributed by atoms with E-state index in [1.54, 1.807) is 7.11 Å². The van der Waals surface area contributed by atoms with Gasteiger partial charge in [0.1, 0.15) is 0 Å². The first-order valence-electron chi connectivity index (χ1n) is 10.6. The molecule has 3 atom stereocenters. The number of hydrogen-bond donors (Lipinski definition) is 0. The molecule has 0 saturated carbocycles. The first-order chi connectivity index (χ1) is 12.0. The third-order valence-electron chi connectivity index (χ3n) is 5.70. The third-order valence-corrected chi connectivity index (χ3v) is 8.22. The molecule has 0 aliphatic heterocycles. The molecule has 0 aromatic heterocycles. The number of ether oxygens (including phenoxy) is 1. The molecular weight excluding hydrogens is 403 g/mol. The van der Waals surface area contributed by atoms with E-state index in [1.165, 1.54) is 51.4 Å². The predicted molar refractivity (Wildman–Crippen MR) is 123 cm³/mol. The van der Waals surface area contributed by atoms with Gasteiger partial charge in [0.2, 0.25) is 0 Å². The fraction of sp³-hybridized carbons (Fsp3) is 1.00. The number of rotatable bonds is 16. The SMILES string of the molecule is COC(C)(CCCC(C)CCCC(C)CCCC(C)C)CC[Si](Cl)(Cl)Cl. The molecule has 0 N–H and O–H groups in total. The Morgan fingerprint density at radius 3 is 1.65 bits per heavy atom. The van der Waals surface area contributed by atoms with Crippen LogP contribution in [0, 0.1) is 17.8 Å². The van der Waals surface area contributed by atoms with Gasteiger partial charge in [0, 0.05) is 7.11 Å². The van der Waals surface area contributed by atoms with E-state index in [9.17, 15) is 0 Å². The summed E-state index contributed by atoms with van der Waals surface area (Å²) in [5.41, 5.74) is -0.151. The van der Waals surface area contributed by atoms with Crippen LogP contribution in [0.2, 0.25) is 6.04 Å². The molecule has 1 nitrogen and oxygen atoms in total. The van der Waals surface area contributed by atoms with Gasteiger partial charge in [0.15, 0.2) is 0 Å². The summed E-state index contributed by atoms with van der Waals surface area (Å²) in [6, 6.07) is -1.88. The van der Waals surface area contributed by atoms with Gasteiger partial charge in [0.05, 0.1) is 5.60 Å². The van der Waals surface area contributed by atoms with Crippen LogP contribution < -0.4 is 0 Å². The zero-order valence-electron chi connectivity index (χ0n) is 18.1. The molecule has 158 valence electrons. The van der Waals surface area contributed by atoms with Crippen molar-refractivity contribution in [1.29, 1.82) is 0 Å². The van der Waals surface area contributed by atoms with Crippen LogP contribution >= 0.6 is 33.2 Å². The minimum absolute atomic E-state index is 0.151. The molecule has 0 aliphatic carbocycles. The van der Waals surface area contributed by atoms with Crippen molar-refractivity contribution < 1.29 is 4.74 Å². The van der Waals surface area contributed by atoms with Gasteiger partial charge in [-0.3, -0.25) is 0 Å². The van der Waals surface area contributed by atoms with Crippen molar-refractivity contribution in [2.24, 2.45) is 17.8 Å². The number of hydrogen-bond acceptors (Lipinski definition) is 1. The molecule has 0 bridgehead atoms. The van der Waals surface area contributed by atoms with Gasteiger partial charge >= 0.3 is 6.00 Å². The Labute approximate surface area is 179 Å². The number of halogens is 3. The maximum absolute atomic E-state index is 6.02. The third kappa shape index (κ3) is 16.0. The van der Waals surface area contributed by atoms with Crippen LogP contribution in [0.1, 0.15) is 98.8 Å². The van der Waals surface area contributed by atoms with Crippen molar-refractivity contribution in [3.8, 4) is 0 Å². The largest absolute Gasteiger partial charge is 0.379 e. The lowest BCUT2D eigenvalue weighted by molar-refractivity contribution is -0.00682. The molecule has 0 aliphatic rings. The first-order valence-corrected chi connectivity index (χ1v) is 15.8. The summed E-state index contributed by atoms with van der Waals surface area (Å²) in [5.74, 6) is 2.52. The molecular formula is C21H43Cl3OSi. The van der Waals surface area contributed by atoms with E-state index in [1.807, 2.05) is 0 Å². The lowest BCUT2D eigenvalue weighted by atomic mass is 9.89. The number of methoxy groups -OCH3 is 1. The summed E-state index contributed by atoms with van der Waals surface area (Å²) in [4.78, 5) is 0. The molecule has 3 unspecified atom stereocenters. The first kappa shape index (κ1) is 27.0. The Morgan fingerprint density at radius 2 is 1.23 bits per heavy atom. The summed E-state index contributed by atoms with van der Waals surface area (Å²) in [7, 11) is 1.78. The minimum Gasteiger partial charge on any atom is -0.379 e. The second-order valence-corrected chi connectivity index (χ2v) is 18.4. The highest BCUT2D eigenvalue weighted by Gasteiger charge is 2.31. The summed E-state index contributed by atoms with van der Waals surface area (Å²) in [6.45, 7) is 11.6. The van der Waals surface area contributed by atoms with Crippen LogP contribution in [0.3, 0.4) is 0 Å². The van der Waals surface area contributed by atoms with Crippen LogP contribution in [-0.2, 0) is 4.74 Å². The fourth-order valence-corrected chi connectivity index (χ4v) is 5.20. The van der Waals surface area contributed by atoms with Gasteiger partial charge in [-0.25, -0.2) is 0 Å². The van der Waals surface area contributed by atoms with Gasteiger partial charge in [-0.2, -0.15) is 0 Å². The van der Waals surface area contributed by atoms with Crippen LogP contribution in [-0.4, -0.2) is 18.7 Å². The van der Waals surface area contributed by atoms with Gasteiger partial charge in [-0.1, -0.05) is 79.1 Å². The fourth-order valence-electron chi connectivity index (χ4n) is 3.54. The Bertz CT molecular complexity index is 347. The van der Waals surface area contributed by atoms with Crippen molar-refractivity contribution in [3.05, 3.63) is 0 Å². The van der Waals surface area contributed by atoms with E-state index >= 15 is 0 Å². The Morgan fingerprint density at radius 1 is 0.769 bits per heavy atom. The van der Waals surface area contributed by atoms with E-state index in [0.717, 1.165) is 30.6 Å². The highest BCUT2D eigenvalue weighted by Crippen LogP contribution is 2.33. The van der Waals surface area contributed by atoms with Crippen LogP contribution in [0.5, 0.6) is 0 Å². The second-order valence-electron chi connectivity index (χ2n) is 9.13. The molecule has 0 aromatic carbocycles. The van der Waals surface area contributed by atoms with Gasteiger partial charge in [-0.15, -0.1) is 33.2 Å². The second kappa shape index (κ2) is 14.1.